The first-order valence-electron chi connectivity index (χ1n) is 10.1. The minimum absolute atomic E-state index is 0.0355. The molecular formula is C23H22ClFN4O2. The minimum atomic E-state index is -0.512. The number of hydrogen-bond donors (Lipinski definition) is 1. The Morgan fingerprint density at radius 3 is 2.48 bits per heavy atom. The zero-order valence-corrected chi connectivity index (χ0v) is 17.6. The molecule has 1 aliphatic heterocycles. The molecule has 4 rings (SSSR count). The summed E-state index contributed by atoms with van der Waals surface area (Å²) in [6, 6.07) is 15.6. The van der Waals surface area contributed by atoms with Crippen molar-refractivity contribution in [3.63, 3.8) is 0 Å². The normalized spacial score (nSPS) is 14.5. The van der Waals surface area contributed by atoms with Gasteiger partial charge in [-0.15, -0.1) is 0 Å². The molecule has 1 amide bonds. The number of piperidine rings is 1. The van der Waals surface area contributed by atoms with E-state index in [1.165, 1.54) is 16.8 Å². The molecule has 0 atom stereocenters. The van der Waals surface area contributed by atoms with Crippen molar-refractivity contribution in [3.05, 3.63) is 93.1 Å². The molecule has 2 aromatic carbocycles. The lowest BCUT2D eigenvalue weighted by Crippen LogP contribution is -2.42. The number of likely N-dealkylation sites (tertiary alicyclic amines) is 1. The van der Waals surface area contributed by atoms with E-state index in [0.29, 0.717) is 38.2 Å². The monoisotopic (exact) mass is 440 g/mol. The number of rotatable bonds is 5. The van der Waals surface area contributed by atoms with Gasteiger partial charge in [0, 0.05) is 19.1 Å². The predicted molar refractivity (Wildman–Crippen MR) is 118 cm³/mol. The molecule has 0 radical (unpaired) electrons. The Hall–Kier alpha value is -3.19. The average Bonchev–Trinajstić information content (AvgIpc) is 2.80. The first-order valence-corrected chi connectivity index (χ1v) is 10.5. The van der Waals surface area contributed by atoms with E-state index in [1.807, 2.05) is 30.3 Å². The molecule has 8 heteroatoms. The van der Waals surface area contributed by atoms with Crippen LogP contribution >= 0.6 is 11.6 Å². The lowest BCUT2D eigenvalue weighted by Gasteiger charge is -2.33. The van der Waals surface area contributed by atoms with Crippen LogP contribution in [0.4, 0.5) is 10.1 Å². The maximum Gasteiger partial charge on any atom is 0.287 e. The highest BCUT2D eigenvalue weighted by molar-refractivity contribution is 6.32. The molecule has 160 valence electrons. The topological polar surface area (TPSA) is 67.2 Å². The molecule has 0 bridgehead atoms. The molecule has 6 nitrogen and oxygen atoms in total. The summed E-state index contributed by atoms with van der Waals surface area (Å²) >= 11 is 6.32. The van der Waals surface area contributed by atoms with Gasteiger partial charge in [-0.25, -0.2) is 9.07 Å². The third-order valence-electron chi connectivity index (χ3n) is 5.41. The highest BCUT2D eigenvalue weighted by Gasteiger charge is 2.25. The summed E-state index contributed by atoms with van der Waals surface area (Å²) < 4.78 is 15.2. The molecule has 0 aliphatic carbocycles. The first kappa shape index (κ1) is 21.1. The molecule has 1 aromatic heterocycles. The highest BCUT2D eigenvalue weighted by atomic mass is 35.5. The highest BCUT2D eigenvalue weighted by Crippen LogP contribution is 2.22. The largest absolute Gasteiger partial charge is 0.380 e. The van der Waals surface area contributed by atoms with Crippen LogP contribution in [0.5, 0.6) is 0 Å². The lowest BCUT2D eigenvalue weighted by atomic mass is 10.0. The second-order valence-corrected chi connectivity index (χ2v) is 7.89. The van der Waals surface area contributed by atoms with Gasteiger partial charge in [0.05, 0.1) is 24.0 Å². The van der Waals surface area contributed by atoms with E-state index in [1.54, 1.807) is 23.2 Å². The van der Waals surface area contributed by atoms with Gasteiger partial charge in [0.25, 0.3) is 11.5 Å². The van der Waals surface area contributed by atoms with Crippen LogP contribution in [-0.4, -0.2) is 39.7 Å². The molecule has 0 unspecified atom stereocenters. The fourth-order valence-electron chi connectivity index (χ4n) is 3.69. The maximum atomic E-state index is 13.9. The third-order valence-corrected chi connectivity index (χ3v) is 5.77. The van der Waals surface area contributed by atoms with Gasteiger partial charge >= 0.3 is 0 Å². The number of halogens is 2. The van der Waals surface area contributed by atoms with Gasteiger partial charge in [-0.05, 0) is 30.5 Å². The SMILES string of the molecule is O=C(c1ccccc1F)N1CCC(Nc2cnn(Cc3ccccc3)c(=O)c2Cl)CC1. The van der Waals surface area contributed by atoms with Crippen molar-refractivity contribution in [1.29, 1.82) is 0 Å². The molecule has 0 spiro atoms. The maximum absolute atomic E-state index is 13.9. The molecule has 0 saturated carbocycles. The Kier molecular flexibility index (Phi) is 6.32. The van der Waals surface area contributed by atoms with E-state index in [4.69, 9.17) is 11.6 Å². The zero-order valence-electron chi connectivity index (χ0n) is 16.8. The van der Waals surface area contributed by atoms with Crippen molar-refractivity contribution in [1.82, 2.24) is 14.7 Å². The average molecular weight is 441 g/mol. The van der Waals surface area contributed by atoms with Gasteiger partial charge in [0.15, 0.2) is 0 Å². The number of nitrogens with zero attached hydrogens (tertiary/aromatic N) is 3. The number of aromatic nitrogens is 2. The van der Waals surface area contributed by atoms with Gasteiger partial charge < -0.3 is 10.2 Å². The fraction of sp³-hybridized carbons (Fsp3) is 0.261. The van der Waals surface area contributed by atoms with Crippen molar-refractivity contribution < 1.29 is 9.18 Å². The summed E-state index contributed by atoms with van der Waals surface area (Å²) in [7, 11) is 0. The van der Waals surface area contributed by atoms with E-state index in [-0.39, 0.29) is 28.1 Å². The summed E-state index contributed by atoms with van der Waals surface area (Å²) in [4.78, 5) is 26.8. The predicted octanol–water partition coefficient (Wildman–Crippen LogP) is 3.80. The summed E-state index contributed by atoms with van der Waals surface area (Å²) in [5.41, 5.74) is 1.17. The van der Waals surface area contributed by atoms with Crippen LogP contribution in [-0.2, 0) is 6.54 Å². The summed E-state index contributed by atoms with van der Waals surface area (Å²) in [5, 5.41) is 7.61. The number of benzene rings is 2. The van der Waals surface area contributed by atoms with Crippen molar-refractivity contribution in [2.75, 3.05) is 18.4 Å². The summed E-state index contributed by atoms with van der Waals surface area (Å²) in [6.07, 6.45) is 2.87. The van der Waals surface area contributed by atoms with Crippen molar-refractivity contribution in [3.8, 4) is 0 Å². The number of hydrogen-bond acceptors (Lipinski definition) is 4. The second-order valence-electron chi connectivity index (χ2n) is 7.51. The van der Waals surface area contributed by atoms with Gasteiger partial charge in [-0.2, -0.15) is 5.10 Å². The van der Waals surface area contributed by atoms with Gasteiger partial charge in [0.1, 0.15) is 10.8 Å². The van der Waals surface area contributed by atoms with Gasteiger partial charge in [-0.1, -0.05) is 54.1 Å². The van der Waals surface area contributed by atoms with E-state index in [9.17, 15) is 14.0 Å². The fourth-order valence-corrected chi connectivity index (χ4v) is 3.89. The van der Waals surface area contributed by atoms with E-state index < -0.39 is 5.82 Å². The number of nitrogens with one attached hydrogen (secondary N) is 1. The van der Waals surface area contributed by atoms with Crippen molar-refractivity contribution in [2.24, 2.45) is 0 Å². The number of carbonyl (C=O) groups is 1. The standard InChI is InChI=1S/C23H22ClFN4O2/c24-21-20(14-26-29(23(21)31)15-16-6-2-1-3-7-16)27-17-10-12-28(13-11-17)22(30)18-8-4-5-9-19(18)25/h1-9,14,17,27H,10-13,15H2. The zero-order chi connectivity index (χ0) is 21.8. The van der Waals surface area contributed by atoms with Crippen molar-refractivity contribution in [2.45, 2.75) is 25.4 Å². The van der Waals surface area contributed by atoms with Crippen LogP contribution in [0, 0.1) is 5.82 Å². The molecule has 3 aromatic rings. The van der Waals surface area contributed by atoms with Crippen LogP contribution < -0.4 is 10.9 Å². The van der Waals surface area contributed by atoms with Crippen LogP contribution in [0.25, 0.3) is 0 Å². The quantitative estimate of drug-likeness (QED) is 0.655. The number of carbonyl (C=O) groups excluding carboxylic acids is 1. The van der Waals surface area contributed by atoms with Crippen molar-refractivity contribution >= 4 is 23.2 Å². The third kappa shape index (κ3) is 4.77. The van der Waals surface area contributed by atoms with E-state index in [2.05, 4.69) is 10.4 Å². The Balaban J connectivity index is 1.38. The molecule has 2 heterocycles. The molecular weight excluding hydrogens is 419 g/mol. The molecule has 1 N–H and O–H groups in total. The number of anilines is 1. The van der Waals surface area contributed by atoms with Gasteiger partial charge in [-0.3, -0.25) is 9.59 Å². The smallest absolute Gasteiger partial charge is 0.287 e. The van der Waals surface area contributed by atoms with Crippen LogP contribution in [0.15, 0.2) is 65.6 Å². The Labute approximate surface area is 184 Å². The molecule has 1 fully saturated rings. The Morgan fingerprint density at radius 1 is 1.10 bits per heavy atom. The summed E-state index contributed by atoms with van der Waals surface area (Å²) in [6.45, 7) is 1.32. The Morgan fingerprint density at radius 2 is 1.77 bits per heavy atom. The van der Waals surface area contributed by atoms with Crippen LogP contribution in [0.3, 0.4) is 0 Å². The number of amides is 1. The second kappa shape index (κ2) is 9.31. The Bertz CT molecular complexity index is 1130. The van der Waals surface area contributed by atoms with Crippen LogP contribution in [0.1, 0.15) is 28.8 Å². The first-order chi connectivity index (χ1) is 15.0. The van der Waals surface area contributed by atoms with Crippen LogP contribution in [0.2, 0.25) is 5.02 Å². The van der Waals surface area contributed by atoms with Gasteiger partial charge in [0.2, 0.25) is 0 Å². The van der Waals surface area contributed by atoms with E-state index in [0.717, 1.165) is 5.56 Å². The minimum Gasteiger partial charge on any atom is -0.380 e. The molecule has 1 saturated heterocycles. The summed E-state index contributed by atoms with van der Waals surface area (Å²) in [5.74, 6) is -0.818. The molecule has 1 aliphatic rings. The lowest BCUT2D eigenvalue weighted by molar-refractivity contribution is 0.0713. The molecule has 31 heavy (non-hydrogen) atoms. The van der Waals surface area contributed by atoms with E-state index >= 15 is 0 Å².